The summed E-state index contributed by atoms with van der Waals surface area (Å²) in [5.74, 6) is -0.180. The summed E-state index contributed by atoms with van der Waals surface area (Å²) < 4.78 is 26.8. The number of benzene rings is 1. The SMILES string of the molecule is O=C(CCNS(=O)(=O)c1ccccc1Cl)NCCCc1nc2c(s1)CCCC2. The van der Waals surface area contributed by atoms with Crippen molar-refractivity contribution in [2.75, 3.05) is 13.1 Å². The van der Waals surface area contributed by atoms with Crippen LogP contribution in [0.3, 0.4) is 0 Å². The van der Waals surface area contributed by atoms with E-state index in [0.717, 1.165) is 30.7 Å². The predicted octanol–water partition coefficient (Wildman–Crippen LogP) is 3.09. The van der Waals surface area contributed by atoms with Crippen LogP contribution >= 0.6 is 22.9 Å². The molecule has 1 aromatic heterocycles. The molecule has 28 heavy (non-hydrogen) atoms. The molecule has 0 saturated heterocycles. The van der Waals surface area contributed by atoms with Gasteiger partial charge in [0.25, 0.3) is 0 Å². The molecule has 1 heterocycles. The van der Waals surface area contributed by atoms with Crippen molar-refractivity contribution in [2.45, 2.75) is 49.8 Å². The number of carbonyl (C=O) groups excluding carboxylic acids is 1. The summed E-state index contributed by atoms with van der Waals surface area (Å²) in [7, 11) is -3.72. The van der Waals surface area contributed by atoms with Gasteiger partial charge in [-0.15, -0.1) is 11.3 Å². The number of aryl methyl sites for hydroxylation is 3. The Morgan fingerprint density at radius 1 is 1.18 bits per heavy atom. The summed E-state index contributed by atoms with van der Waals surface area (Å²) in [5, 5.41) is 4.13. The first-order chi connectivity index (χ1) is 13.5. The maximum absolute atomic E-state index is 12.2. The van der Waals surface area contributed by atoms with Gasteiger partial charge >= 0.3 is 0 Å². The third-order valence-corrected chi connectivity index (χ3v) is 7.73. The molecule has 0 atom stereocenters. The summed E-state index contributed by atoms with van der Waals surface area (Å²) in [6.45, 7) is 0.582. The number of fused-ring (bicyclic) bond motifs is 1. The number of nitrogens with zero attached hydrogens (tertiary/aromatic N) is 1. The minimum absolute atomic E-state index is 0.0169. The number of thiazole rings is 1. The third-order valence-electron chi connectivity index (χ3n) is 4.55. The van der Waals surface area contributed by atoms with E-state index in [4.69, 9.17) is 16.6 Å². The molecule has 6 nitrogen and oxygen atoms in total. The largest absolute Gasteiger partial charge is 0.356 e. The number of carbonyl (C=O) groups is 1. The maximum Gasteiger partial charge on any atom is 0.242 e. The fraction of sp³-hybridized carbons (Fsp3) is 0.474. The van der Waals surface area contributed by atoms with Gasteiger partial charge in [-0.2, -0.15) is 0 Å². The van der Waals surface area contributed by atoms with Crippen LogP contribution in [0, 0.1) is 0 Å². The highest BCUT2D eigenvalue weighted by atomic mass is 35.5. The van der Waals surface area contributed by atoms with Crippen LogP contribution in [0.5, 0.6) is 0 Å². The van der Waals surface area contributed by atoms with Crippen LogP contribution in [-0.4, -0.2) is 32.4 Å². The van der Waals surface area contributed by atoms with E-state index in [9.17, 15) is 13.2 Å². The molecule has 0 aliphatic heterocycles. The number of sulfonamides is 1. The average Bonchev–Trinajstić information content (AvgIpc) is 3.08. The van der Waals surface area contributed by atoms with Crippen molar-refractivity contribution in [1.82, 2.24) is 15.0 Å². The molecule has 152 valence electrons. The molecule has 0 radical (unpaired) electrons. The number of halogens is 1. The van der Waals surface area contributed by atoms with E-state index in [0.29, 0.717) is 6.54 Å². The molecule has 0 fully saturated rings. The summed E-state index contributed by atoms with van der Waals surface area (Å²) in [4.78, 5) is 18.1. The molecule has 0 unspecified atom stereocenters. The molecule has 3 rings (SSSR count). The molecule has 1 amide bonds. The lowest BCUT2D eigenvalue weighted by atomic mass is 10.0. The van der Waals surface area contributed by atoms with Crippen molar-refractivity contribution in [2.24, 2.45) is 0 Å². The normalized spacial score (nSPS) is 13.9. The molecular formula is C19H24ClN3O3S2. The Balaban J connectivity index is 1.35. The van der Waals surface area contributed by atoms with Gasteiger partial charge < -0.3 is 5.32 Å². The molecule has 0 bridgehead atoms. The smallest absolute Gasteiger partial charge is 0.242 e. The van der Waals surface area contributed by atoms with Gasteiger partial charge in [0.15, 0.2) is 0 Å². The van der Waals surface area contributed by atoms with Crippen molar-refractivity contribution in [3.8, 4) is 0 Å². The lowest BCUT2D eigenvalue weighted by molar-refractivity contribution is -0.120. The average molecular weight is 442 g/mol. The number of amides is 1. The zero-order chi connectivity index (χ0) is 20.0. The van der Waals surface area contributed by atoms with Gasteiger partial charge in [0.05, 0.1) is 15.7 Å². The second kappa shape index (κ2) is 9.82. The molecule has 9 heteroatoms. The number of hydrogen-bond donors (Lipinski definition) is 2. The van der Waals surface area contributed by atoms with Crippen LogP contribution in [-0.2, 0) is 34.1 Å². The molecule has 1 aliphatic rings. The second-order valence-corrected chi connectivity index (χ2v) is 10.0. The van der Waals surface area contributed by atoms with Crippen LogP contribution < -0.4 is 10.0 Å². The van der Waals surface area contributed by atoms with Crippen LogP contribution in [0.4, 0.5) is 0 Å². The highest BCUT2D eigenvalue weighted by Gasteiger charge is 2.17. The van der Waals surface area contributed by atoms with E-state index >= 15 is 0 Å². The Morgan fingerprint density at radius 2 is 1.96 bits per heavy atom. The van der Waals surface area contributed by atoms with Gasteiger partial charge in [-0.05, 0) is 44.2 Å². The quantitative estimate of drug-likeness (QED) is 0.585. The Hall–Kier alpha value is -1.48. The monoisotopic (exact) mass is 441 g/mol. The van der Waals surface area contributed by atoms with Crippen molar-refractivity contribution < 1.29 is 13.2 Å². The first kappa shape index (κ1) is 21.2. The minimum Gasteiger partial charge on any atom is -0.356 e. The Bertz CT molecular complexity index is 905. The highest BCUT2D eigenvalue weighted by Crippen LogP contribution is 2.27. The van der Waals surface area contributed by atoms with Crippen LogP contribution in [0.25, 0.3) is 0 Å². The lowest BCUT2D eigenvalue weighted by Crippen LogP contribution is -2.31. The van der Waals surface area contributed by atoms with Crippen molar-refractivity contribution >= 4 is 38.9 Å². The van der Waals surface area contributed by atoms with Gasteiger partial charge in [-0.25, -0.2) is 18.1 Å². The summed E-state index contributed by atoms with van der Waals surface area (Å²) >= 11 is 7.71. The fourth-order valence-corrected chi connectivity index (χ4v) is 5.86. The zero-order valence-corrected chi connectivity index (χ0v) is 17.9. The molecule has 0 spiro atoms. The molecule has 2 aromatic rings. The lowest BCUT2D eigenvalue weighted by Gasteiger charge is -2.08. The highest BCUT2D eigenvalue weighted by molar-refractivity contribution is 7.89. The van der Waals surface area contributed by atoms with Gasteiger partial charge in [0.2, 0.25) is 15.9 Å². The van der Waals surface area contributed by atoms with Gasteiger partial charge in [-0.3, -0.25) is 4.79 Å². The predicted molar refractivity (Wildman–Crippen MR) is 111 cm³/mol. The van der Waals surface area contributed by atoms with Crippen LogP contribution in [0.15, 0.2) is 29.2 Å². The number of nitrogens with one attached hydrogen (secondary N) is 2. The van der Waals surface area contributed by atoms with Crippen molar-refractivity contribution in [3.05, 3.63) is 44.9 Å². The van der Waals surface area contributed by atoms with E-state index in [2.05, 4.69) is 10.0 Å². The van der Waals surface area contributed by atoms with E-state index in [1.165, 1.54) is 35.5 Å². The van der Waals surface area contributed by atoms with Crippen LogP contribution in [0.2, 0.25) is 5.02 Å². The van der Waals surface area contributed by atoms with E-state index in [1.54, 1.807) is 23.5 Å². The molecule has 0 saturated carbocycles. The summed E-state index contributed by atoms with van der Waals surface area (Å²) in [5.41, 5.74) is 1.26. The van der Waals surface area contributed by atoms with E-state index < -0.39 is 10.0 Å². The number of rotatable bonds is 9. The Morgan fingerprint density at radius 3 is 2.75 bits per heavy atom. The molecule has 1 aliphatic carbocycles. The summed E-state index contributed by atoms with van der Waals surface area (Å²) in [6, 6.07) is 6.21. The number of aromatic nitrogens is 1. The number of hydrogen-bond acceptors (Lipinski definition) is 5. The maximum atomic E-state index is 12.2. The molecule has 2 N–H and O–H groups in total. The van der Waals surface area contributed by atoms with Crippen molar-refractivity contribution in [3.63, 3.8) is 0 Å². The Labute approximate surface area is 174 Å². The van der Waals surface area contributed by atoms with E-state index in [1.807, 2.05) is 0 Å². The second-order valence-electron chi connectivity index (χ2n) is 6.72. The van der Waals surface area contributed by atoms with Gasteiger partial charge in [-0.1, -0.05) is 23.7 Å². The minimum atomic E-state index is -3.72. The molecular weight excluding hydrogens is 418 g/mol. The van der Waals surface area contributed by atoms with Crippen LogP contribution in [0.1, 0.15) is 41.3 Å². The topological polar surface area (TPSA) is 88.2 Å². The third kappa shape index (κ3) is 5.76. The first-order valence-corrected chi connectivity index (χ1v) is 12.1. The summed E-state index contributed by atoms with van der Waals surface area (Å²) in [6.07, 6.45) is 6.48. The molecule has 1 aromatic carbocycles. The van der Waals surface area contributed by atoms with Gasteiger partial charge in [0, 0.05) is 30.8 Å². The first-order valence-electron chi connectivity index (χ1n) is 9.44. The van der Waals surface area contributed by atoms with E-state index in [-0.39, 0.29) is 28.8 Å². The van der Waals surface area contributed by atoms with Gasteiger partial charge in [0.1, 0.15) is 4.90 Å². The zero-order valence-electron chi connectivity index (χ0n) is 15.5. The Kier molecular flexibility index (Phi) is 7.45. The standard InChI is InChI=1S/C19H24ClN3O3S2/c20-14-6-1-4-9-17(14)28(25,26)22-13-11-18(24)21-12-5-10-19-23-15-7-2-3-8-16(15)27-19/h1,4,6,9,22H,2-3,5,7-8,10-13H2,(H,21,24). The van der Waals surface area contributed by atoms with Crippen molar-refractivity contribution in [1.29, 1.82) is 0 Å². The fourth-order valence-electron chi connectivity index (χ4n) is 3.11.